The molecule has 4 atom stereocenters. The molecule has 1 aliphatic carbocycles. The van der Waals surface area contributed by atoms with Crippen LogP contribution in [0.4, 0.5) is 0 Å². The third kappa shape index (κ3) is 21.7. The molecular formula is C45H88O2. The fraction of sp³-hybridized carbons (Fsp3) is 1.00. The standard InChI is InChI=1S/C45H88O2/c1-6-8-10-26-32-40(3)34-28-22-18-14-12-16-20-24-30-36-45(46-43-38-42(5)39-44(43)47-45)37-31-25-21-17-13-15-19-23-29-35-41(4)33-27-11-9-7-2/h40-44H,6-39H2,1-5H3. The van der Waals surface area contributed by atoms with Crippen LogP contribution in [0.15, 0.2) is 0 Å². The third-order valence-corrected chi connectivity index (χ3v) is 12.0. The van der Waals surface area contributed by atoms with Crippen molar-refractivity contribution in [1.29, 1.82) is 0 Å². The number of unbranched alkanes of at least 4 members (excludes halogenated alkanes) is 22. The highest BCUT2D eigenvalue weighted by atomic mass is 16.8. The largest absolute Gasteiger partial charge is 0.344 e. The third-order valence-electron chi connectivity index (χ3n) is 12.0. The summed E-state index contributed by atoms with van der Waals surface area (Å²) in [6, 6.07) is 0. The highest BCUT2D eigenvalue weighted by Gasteiger charge is 2.50. The maximum atomic E-state index is 6.78. The second-order valence-corrected chi connectivity index (χ2v) is 17.2. The quantitative estimate of drug-likeness (QED) is 0.0639. The van der Waals surface area contributed by atoms with E-state index in [4.69, 9.17) is 9.47 Å². The fourth-order valence-corrected chi connectivity index (χ4v) is 8.76. The molecule has 0 aromatic heterocycles. The molecule has 2 rings (SSSR count). The minimum Gasteiger partial charge on any atom is -0.344 e. The Hall–Kier alpha value is -0.0800. The van der Waals surface area contributed by atoms with Crippen molar-refractivity contribution in [2.24, 2.45) is 17.8 Å². The molecule has 0 aromatic rings. The van der Waals surface area contributed by atoms with Gasteiger partial charge in [0.25, 0.3) is 0 Å². The van der Waals surface area contributed by atoms with Crippen molar-refractivity contribution in [3.63, 3.8) is 0 Å². The monoisotopic (exact) mass is 661 g/mol. The number of fused-ring (bicyclic) bond motifs is 1. The van der Waals surface area contributed by atoms with Gasteiger partial charge in [0.05, 0.1) is 12.2 Å². The molecule has 1 heterocycles. The molecule has 2 heteroatoms. The van der Waals surface area contributed by atoms with E-state index in [1.165, 1.54) is 205 Å². The molecule has 2 nitrogen and oxygen atoms in total. The molecule has 2 fully saturated rings. The van der Waals surface area contributed by atoms with Crippen LogP contribution in [0.25, 0.3) is 0 Å². The minimum atomic E-state index is -0.254. The Labute approximate surface area is 297 Å². The Balaban J connectivity index is 1.46. The lowest BCUT2D eigenvalue weighted by molar-refractivity contribution is -0.192. The molecule has 280 valence electrons. The van der Waals surface area contributed by atoms with Crippen molar-refractivity contribution in [1.82, 2.24) is 0 Å². The average Bonchev–Trinajstić information content (AvgIpc) is 3.56. The van der Waals surface area contributed by atoms with Crippen LogP contribution in [0.1, 0.15) is 253 Å². The van der Waals surface area contributed by atoms with E-state index in [-0.39, 0.29) is 5.79 Å². The van der Waals surface area contributed by atoms with Crippen molar-refractivity contribution < 1.29 is 9.47 Å². The van der Waals surface area contributed by atoms with Gasteiger partial charge in [-0.15, -0.1) is 0 Å². The lowest BCUT2D eigenvalue weighted by Gasteiger charge is -2.30. The minimum absolute atomic E-state index is 0.254. The molecule has 4 unspecified atom stereocenters. The van der Waals surface area contributed by atoms with Gasteiger partial charge in [0.15, 0.2) is 5.79 Å². The summed E-state index contributed by atoms with van der Waals surface area (Å²) in [6.45, 7) is 12.0. The van der Waals surface area contributed by atoms with E-state index >= 15 is 0 Å². The van der Waals surface area contributed by atoms with E-state index in [0.29, 0.717) is 12.2 Å². The zero-order chi connectivity index (χ0) is 33.8. The van der Waals surface area contributed by atoms with E-state index in [1.54, 1.807) is 0 Å². The highest BCUT2D eigenvalue weighted by Crippen LogP contribution is 2.45. The fourth-order valence-electron chi connectivity index (χ4n) is 8.76. The topological polar surface area (TPSA) is 18.5 Å². The molecule has 1 saturated carbocycles. The first kappa shape index (κ1) is 43.1. The summed E-state index contributed by atoms with van der Waals surface area (Å²) < 4.78 is 13.6. The normalized spacial score (nSPS) is 23.8. The van der Waals surface area contributed by atoms with Gasteiger partial charge in [-0.05, 0) is 43.4 Å². The molecule has 0 aromatic carbocycles. The Kier molecular flexibility index (Phi) is 26.2. The first-order valence-corrected chi connectivity index (χ1v) is 22.3. The maximum Gasteiger partial charge on any atom is 0.169 e. The molecule has 0 amide bonds. The smallest absolute Gasteiger partial charge is 0.169 e. The van der Waals surface area contributed by atoms with E-state index in [0.717, 1.165) is 30.6 Å². The lowest BCUT2D eigenvalue weighted by Crippen LogP contribution is -2.32. The van der Waals surface area contributed by atoms with Crippen molar-refractivity contribution in [2.75, 3.05) is 0 Å². The average molecular weight is 661 g/mol. The van der Waals surface area contributed by atoms with Gasteiger partial charge < -0.3 is 9.47 Å². The predicted octanol–water partition coefficient (Wildman–Crippen LogP) is 15.7. The summed E-state index contributed by atoms with van der Waals surface area (Å²) in [5.74, 6) is 2.40. The Morgan fingerprint density at radius 1 is 0.426 bits per heavy atom. The summed E-state index contributed by atoms with van der Waals surface area (Å²) in [4.78, 5) is 0. The number of rotatable bonds is 34. The highest BCUT2D eigenvalue weighted by molar-refractivity contribution is 4.92. The van der Waals surface area contributed by atoms with Crippen molar-refractivity contribution in [3.8, 4) is 0 Å². The molecule has 0 radical (unpaired) electrons. The second-order valence-electron chi connectivity index (χ2n) is 17.2. The Morgan fingerprint density at radius 2 is 0.702 bits per heavy atom. The van der Waals surface area contributed by atoms with Gasteiger partial charge >= 0.3 is 0 Å². The molecule has 0 spiro atoms. The van der Waals surface area contributed by atoms with Crippen molar-refractivity contribution in [2.45, 2.75) is 271 Å². The van der Waals surface area contributed by atoms with Crippen LogP contribution in [0, 0.1) is 17.8 Å². The SMILES string of the molecule is CCCCCCC(C)CCCCCCCCCCCC1(CCCCCCCCCCCC(C)CCCCCC)OC2CC(C)CC2O1. The Bertz CT molecular complexity index is 619. The van der Waals surface area contributed by atoms with E-state index in [1.807, 2.05) is 0 Å². The summed E-state index contributed by atoms with van der Waals surface area (Å²) in [5, 5.41) is 0. The van der Waals surface area contributed by atoms with Gasteiger partial charge in [0, 0.05) is 12.8 Å². The first-order valence-electron chi connectivity index (χ1n) is 22.3. The molecule has 47 heavy (non-hydrogen) atoms. The molecule has 1 aliphatic heterocycles. The number of ether oxygens (including phenoxy) is 2. The predicted molar refractivity (Wildman–Crippen MR) is 208 cm³/mol. The summed E-state index contributed by atoms with van der Waals surface area (Å²) in [5.41, 5.74) is 0. The van der Waals surface area contributed by atoms with Crippen LogP contribution in [-0.2, 0) is 9.47 Å². The van der Waals surface area contributed by atoms with Crippen molar-refractivity contribution in [3.05, 3.63) is 0 Å². The lowest BCUT2D eigenvalue weighted by atomic mass is 9.96. The van der Waals surface area contributed by atoms with Crippen molar-refractivity contribution >= 4 is 0 Å². The van der Waals surface area contributed by atoms with Crippen LogP contribution >= 0.6 is 0 Å². The summed E-state index contributed by atoms with van der Waals surface area (Å²) in [6.07, 6.45) is 48.0. The van der Waals surface area contributed by atoms with E-state index < -0.39 is 0 Å². The summed E-state index contributed by atoms with van der Waals surface area (Å²) in [7, 11) is 0. The molecule has 0 N–H and O–H groups in total. The van der Waals surface area contributed by atoms with Gasteiger partial charge in [0.2, 0.25) is 0 Å². The van der Waals surface area contributed by atoms with Crippen LogP contribution in [0.5, 0.6) is 0 Å². The molecule has 0 bridgehead atoms. The van der Waals surface area contributed by atoms with Crippen LogP contribution in [0.2, 0.25) is 0 Å². The second kappa shape index (κ2) is 28.6. The van der Waals surface area contributed by atoms with E-state index in [2.05, 4.69) is 34.6 Å². The van der Waals surface area contributed by atoms with Gasteiger partial charge in [-0.2, -0.15) is 0 Å². The number of hydrogen-bond acceptors (Lipinski definition) is 2. The molecule has 2 aliphatic rings. The van der Waals surface area contributed by atoms with Crippen LogP contribution in [0.3, 0.4) is 0 Å². The van der Waals surface area contributed by atoms with E-state index in [9.17, 15) is 0 Å². The zero-order valence-corrected chi connectivity index (χ0v) is 33.2. The maximum absolute atomic E-state index is 6.78. The zero-order valence-electron chi connectivity index (χ0n) is 33.2. The van der Waals surface area contributed by atoms with Gasteiger partial charge in [-0.25, -0.2) is 0 Å². The summed E-state index contributed by atoms with van der Waals surface area (Å²) >= 11 is 0. The van der Waals surface area contributed by atoms with Crippen LogP contribution < -0.4 is 0 Å². The van der Waals surface area contributed by atoms with Gasteiger partial charge in [-0.1, -0.05) is 214 Å². The van der Waals surface area contributed by atoms with Gasteiger partial charge in [-0.3, -0.25) is 0 Å². The number of hydrogen-bond donors (Lipinski definition) is 0. The van der Waals surface area contributed by atoms with Gasteiger partial charge in [0.1, 0.15) is 0 Å². The Morgan fingerprint density at radius 3 is 1.02 bits per heavy atom. The first-order chi connectivity index (χ1) is 23.0. The molecular weight excluding hydrogens is 572 g/mol. The molecule has 1 saturated heterocycles. The van der Waals surface area contributed by atoms with Crippen LogP contribution in [-0.4, -0.2) is 18.0 Å².